The lowest BCUT2D eigenvalue weighted by molar-refractivity contribution is -0.387. The smallest absolute Gasteiger partial charge is 0.305 e. The van der Waals surface area contributed by atoms with Crippen LogP contribution in [0.4, 0.5) is 10.1 Å². The van der Waals surface area contributed by atoms with Crippen LogP contribution in [0.25, 0.3) is 5.16 Å². The molecule has 0 aromatic heterocycles. The first kappa shape index (κ1) is 9.85. The average Bonchev–Trinajstić information content (AvgIpc) is 2.16. The lowest BCUT2D eigenvalue weighted by atomic mass is 10.2. The molecule has 1 aromatic rings. The van der Waals surface area contributed by atoms with Crippen molar-refractivity contribution in [2.45, 2.75) is 0 Å². The number of rotatable bonds is 1. The fraction of sp³-hybridized carbons (Fsp3) is 0.125. The van der Waals surface area contributed by atoms with Crippen LogP contribution >= 0.6 is 11.6 Å². The third kappa shape index (κ3) is 1.63. The van der Waals surface area contributed by atoms with Gasteiger partial charge in [-0.2, -0.15) is 4.39 Å². The number of hydrogen-bond acceptors (Lipinski definition) is 4. The van der Waals surface area contributed by atoms with Crippen LogP contribution in [0, 0.1) is 15.9 Å². The van der Waals surface area contributed by atoms with Crippen molar-refractivity contribution >= 4 is 22.4 Å². The highest BCUT2D eigenvalue weighted by Crippen LogP contribution is 2.12. The van der Waals surface area contributed by atoms with Crippen molar-refractivity contribution < 1.29 is 9.31 Å². The normalized spacial score (nSPS) is 13.9. The number of halogens is 2. The van der Waals surface area contributed by atoms with Gasteiger partial charge in [0.25, 0.3) is 0 Å². The van der Waals surface area contributed by atoms with Crippen LogP contribution in [0.2, 0.25) is 0 Å². The molecule has 0 saturated heterocycles. The summed E-state index contributed by atoms with van der Waals surface area (Å²) in [5.74, 6) is -0.908. The van der Waals surface area contributed by atoms with E-state index in [1.165, 1.54) is 0 Å². The molecule has 1 aliphatic rings. The van der Waals surface area contributed by atoms with E-state index in [1.807, 2.05) is 0 Å². The van der Waals surface area contributed by atoms with Gasteiger partial charge in [0.1, 0.15) is 11.8 Å². The number of nitrogens with zero attached hydrogens (tertiary/aromatic N) is 2. The molecule has 0 fully saturated rings. The molecule has 2 rings (SSSR count). The third-order valence-corrected chi connectivity index (χ3v) is 2.32. The molecule has 1 aromatic carbocycles. The van der Waals surface area contributed by atoms with Gasteiger partial charge in [0, 0.05) is 17.4 Å². The zero-order valence-corrected chi connectivity index (χ0v) is 8.08. The number of nitro benzene ring substituents is 1. The second-order valence-electron chi connectivity index (χ2n) is 2.88. The lowest BCUT2D eigenvalue weighted by Gasteiger charge is -2.06. The second kappa shape index (κ2) is 3.47. The molecular weight excluding hydrogens is 225 g/mol. The van der Waals surface area contributed by atoms with Gasteiger partial charge in [0.15, 0.2) is 0 Å². The standard InChI is InChI=1S/C8H5ClFN3O2/c9-8-4-1-7(13(14)15)5(10)2-6(4)11-3-12-8/h1-2,12H,3H2. The Balaban J connectivity index is 2.84. The first-order chi connectivity index (χ1) is 7.09. The number of nitrogens with one attached hydrogen (secondary N) is 1. The van der Waals surface area contributed by atoms with E-state index in [4.69, 9.17) is 11.6 Å². The van der Waals surface area contributed by atoms with E-state index < -0.39 is 16.4 Å². The Kier molecular flexibility index (Phi) is 2.28. The van der Waals surface area contributed by atoms with Crippen LogP contribution in [-0.4, -0.2) is 11.6 Å². The number of hydrogen-bond donors (Lipinski definition) is 1. The average molecular weight is 230 g/mol. The van der Waals surface area contributed by atoms with Gasteiger partial charge in [0.2, 0.25) is 5.82 Å². The SMILES string of the molecule is O=[N+]([O-])c1cc2c(cc1F)=NCNC=2Cl. The van der Waals surface area contributed by atoms with Crippen molar-refractivity contribution in [2.75, 3.05) is 6.67 Å². The molecule has 0 bridgehead atoms. The van der Waals surface area contributed by atoms with Crippen LogP contribution in [0.5, 0.6) is 0 Å². The van der Waals surface area contributed by atoms with Gasteiger partial charge in [-0.3, -0.25) is 15.1 Å². The Morgan fingerprint density at radius 1 is 1.60 bits per heavy atom. The first-order valence-electron chi connectivity index (χ1n) is 4.01. The highest BCUT2D eigenvalue weighted by molar-refractivity contribution is 6.44. The second-order valence-corrected chi connectivity index (χ2v) is 3.26. The Labute approximate surface area is 88.0 Å². The van der Waals surface area contributed by atoms with Crippen molar-refractivity contribution in [1.29, 1.82) is 0 Å². The molecule has 78 valence electrons. The van der Waals surface area contributed by atoms with E-state index in [-0.39, 0.29) is 11.8 Å². The summed E-state index contributed by atoms with van der Waals surface area (Å²) < 4.78 is 13.2. The molecule has 0 unspecified atom stereocenters. The van der Waals surface area contributed by atoms with E-state index in [1.54, 1.807) is 0 Å². The summed E-state index contributed by atoms with van der Waals surface area (Å²) in [5.41, 5.74) is -0.606. The van der Waals surface area contributed by atoms with E-state index in [0.717, 1.165) is 12.1 Å². The van der Waals surface area contributed by atoms with Crippen molar-refractivity contribution in [3.8, 4) is 0 Å². The molecule has 7 heteroatoms. The van der Waals surface area contributed by atoms with Crippen LogP contribution in [0.3, 0.4) is 0 Å². The summed E-state index contributed by atoms with van der Waals surface area (Å²) in [6.07, 6.45) is 0. The quantitative estimate of drug-likeness (QED) is 0.426. The van der Waals surface area contributed by atoms with Gasteiger partial charge in [-0.15, -0.1) is 0 Å². The minimum absolute atomic E-state index is 0.239. The molecule has 15 heavy (non-hydrogen) atoms. The maximum Gasteiger partial charge on any atom is 0.305 e. The van der Waals surface area contributed by atoms with Gasteiger partial charge < -0.3 is 5.32 Å². The molecule has 0 atom stereocenters. The van der Waals surface area contributed by atoms with Gasteiger partial charge in [-0.05, 0) is 0 Å². The Bertz CT molecular complexity index is 558. The predicted molar refractivity (Wildman–Crippen MR) is 51.1 cm³/mol. The summed E-state index contributed by atoms with van der Waals surface area (Å²) >= 11 is 5.78. The molecule has 5 nitrogen and oxygen atoms in total. The zero-order valence-electron chi connectivity index (χ0n) is 7.33. The Morgan fingerprint density at radius 3 is 3.00 bits per heavy atom. The van der Waals surface area contributed by atoms with E-state index in [0.29, 0.717) is 10.6 Å². The first-order valence-corrected chi connectivity index (χ1v) is 4.39. The highest BCUT2D eigenvalue weighted by Gasteiger charge is 2.16. The zero-order chi connectivity index (χ0) is 11.0. The van der Waals surface area contributed by atoms with E-state index in [9.17, 15) is 14.5 Å². The molecule has 1 N–H and O–H groups in total. The van der Waals surface area contributed by atoms with Crippen molar-refractivity contribution in [2.24, 2.45) is 4.99 Å². The van der Waals surface area contributed by atoms with Crippen molar-refractivity contribution in [1.82, 2.24) is 5.32 Å². The Hall–Kier alpha value is -1.69. The molecule has 0 spiro atoms. The minimum atomic E-state index is -0.908. The van der Waals surface area contributed by atoms with Crippen LogP contribution in [0.15, 0.2) is 17.1 Å². The summed E-state index contributed by atoms with van der Waals surface area (Å²) in [6.45, 7) is 0.239. The fourth-order valence-corrected chi connectivity index (χ4v) is 1.50. The predicted octanol–water partition coefficient (Wildman–Crippen LogP) is 0.219. The monoisotopic (exact) mass is 229 g/mol. The maximum absolute atomic E-state index is 13.2. The summed E-state index contributed by atoms with van der Waals surface area (Å²) in [5, 5.41) is 14.1. The largest absolute Gasteiger partial charge is 0.356 e. The highest BCUT2D eigenvalue weighted by atomic mass is 35.5. The fourth-order valence-electron chi connectivity index (χ4n) is 1.29. The van der Waals surface area contributed by atoms with Crippen LogP contribution in [-0.2, 0) is 0 Å². The van der Waals surface area contributed by atoms with Crippen LogP contribution in [0.1, 0.15) is 0 Å². The maximum atomic E-state index is 13.2. The molecule has 1 aliphatic heterocycles. The topological polar surface area (TPSA) is 67.5 Å². The summed E-state index contributed by atoms with van der Waals surface area (Å²) in [7, 11) is 0. The van der Waals surface area contributed by atoms with E-state index in [2.05, 4.69) is 10.3 Å². The number of nitro groups is 1. The van der Waals surface area contributed by atoms with Gasteiger partial charge in [-0.1, -0.05) is 11.6 Å². The van der Waals surface area contributed by atoms with Crippen molar-refractivity contribution in [3.05, 3.63) is 38.6 Å². The van der Waals surface area contributed by atoms with Gasteiger partial charge >= 0.3 is 5.69 Å². The molecule has 0 radical (unpaired) electrons. The van der Waals surface area contributed by atoms with Crippen molar-refractivity contribution in [3.63, 3.8) is 0 Å². The molecule has 0 saturated carbocycles. The molecule has 0 amide bonds. The van der Waals surface area contributed by atoms with Crippen LogP contribution < -0.4 is 15.9 Å². The lowest BCUT2D eigenvalue weighted by Crippen LogP contribution is -2.36. The Morgan fingerprint density at radius 2 is 2.33 bits per heavy atom. The molecule has 0 aliphatic carbocycles. The molecular formula is C8H5ClFN3O2. The summed E-state index contributed by atoms with van der Waals surface area (Å²) in [6, 6.07) is 2.08. The third-order valence-electron chi connectivity index (χ3n) is 1.98. The van der Waals surface area contributed by atoms with E-state index >= 15 is 0 Å². The van der Waals surface area contributed by atoms with Gasteiger partial charge in [-0.25, -0.2) is 0 Å². The number of benzene rings is 1. The van der Waals surface area contributed by atoms with Gasteiger partial charge in [0.05, 0.1) is 10.3 Å². The minimum Gasteiger partial charge on any atom is -0.356 e. The summed E-state index contributed by atoms with van der Waals surface area (Å²) in [4.78, 5) is 13.6. The number of fused-ring (bicyclic) bond motifs is 1. The molecule has 1 heterocycles.